The molecule has 19 heavy (non-hydrogen) atoms. The molecule has 1 heterocycles. The van der Waals surface area contributed by atoms with Gasteiger partial charge in [0.25, 0.3) is 0 Å². The van der Waals surface area contributed by atoms with Crippen molar-refractivity contribution in [2.24, 2.45) is 11.3 Å². The van der Waals surface area contributed by atoms with Crippen LogP contribution < -0.4 is 0 Å². The predicted molar refractivity (Wildman–Crippen MR) is 73.0 cm³/mol. The Hall–Kier alpha value is -0.900. The van der Waals surface area contributed by atoms with Gasteiger partial charge >= 0.3 is 5.97 Å². The third-order valence-electron chi connectivity index (χ3n) is 4.66. The summed E-state index contributed by atoms with van der Waals surface area (Å²) in [4.78, 5) is 25.6. The Morgan fingerprint density at radius 2 is 2.05 bits per heavy atom. The number of aliphatic carboxylic acids is 1. The fourth-order valence-electron chi connectivity index (χ4n) is 3.50. The lowest BCUT2D eigenvalue weighted by atomic mass is 9.81. The van der Waals surface area contributed by atoms with Crippen molar-refractivity contribution >= 4 is 11.8 Å². The highest BCUT2D eigenvalue weighted by Gasteiger charge is 2.40. The summed E-state index contributed by atoms with van der Waals surface area (Å²) in [6.07, 6.45) is 6.02. The van der Waals surface area contributed by atoms with Crippen LogP contribution in [0.15, 0.2) is 0 Å². The van der Waals surface area contributed by atoms with Crippen LogP contribution >= 0.6 is 0 Å². The second kappa shape index (κ2) is 5.61. The van der Waals surface area contributed by atoms with E-state index in [1.165, 1.54) is 0 Å². The molecule has 0 bridgehead atoms. The summed E-state index contributed by atoms with van der Waals surface area (Å²) < 4.78 is 0. The van der Waals surface area contributed by atoms with Crippen LogP contribution in [0.2, 0.25) is 0 Å². The molecule has 1 aliphatic heterocycles. The lowest BCUT2D eigenvalue weighted by Gasteiger charge is -2.36. The fourth-order valence-corrected chi connectivity index (χ4v) is 3.50. The number of carboxylic acid groups (broad SMARTS) is 1. The predicted octanol–water partition coefficient (Wildman–Crippen LogP) is 2.32. The molecule has 4 heteroatoms. The molecule has 108 valence electrons. The summed E-state index contributed by atoms with van der Waals surface area (Å²) in [6.45, 7) is 5.03. The molecule has 0 aromatic rings. The molecule has 2 fully saturated rings. The van der Waals surface area contributed by atoms with Gasteiger partial charge in [0, 0.05) is 24.9 Å². The topological polar surface area (TPSA) is 57.6 Å². The monoisotopic (exact) mass is 267 g/mol. The van der Waals surface area contributed by atoms with Crippen LogP contribution in [-0.2, 0) is 9.59 Å². The van der Waals surface area contributed by atoms with Crippen LogP contribution in [-0.4, -0.2) is 40.9 Å². The molecule has 0 amide bonds. The summed E-state index contributed by atoms with van der Waals surface area (Å²) in [6, 6.07) is 0.284. The molecule has 0 radical (unpaired) electrons. The van der Waals surface area contributed by atoms with Crippen molar-refractivity contribution in [1.29, 1.82) is 0 Å². The number of Topliss-reactive ketones (excluding diaryl/α,β-unsaturated/α-hetero) is 1. The first-order valence-electron chi connectivity index (χ1n) is 7.42. The van der Waals surface area contributed by atoms with Gasteiger partial charge in [-0.05, 0) is 46.1 Å². The maximum atomic E-state index is 12.1. The number of nitrogens with zero attached hydrogens (tertiary/aromatic N) is 1. The van der Waals surface area contributed by atoms with Gasteiger partial charge in [-0.25, -0.2) is 0 Å². The lowest BCUT2D eigenvalue weighted by Crippen LogP contribution is -2.46. The Labute approximate surface area is 115 Å². The van der Waals surface area contributed by atoms with E-state index in [1.54, 1.807) is 13.8 Å². The van der Waals surface area contributed by atoms with E-state index in [2.05, 4.69) is 4.90 Å². The van der Waals surface area contributed by atoms with Crippen molar-refractivity contribution in [3.05, 3.63) is 0 Å². The second-order valence-corrected chi connectivity index (χ2v) is 6.69. The minimum absolute atomic E-state index is 0.154. The Balaban J connectivity index is 2.04. The van der Waals surface area contributed by atoms with Gasteiger partial charge in [0.15, 0.2) is 0 Å². The molecule has 1 aliphatic carbocycles. The first-order chi connectivity index (χ1) is 8.92. The van der Waals surface area contributed by atoms with Crippen molar-refractivity contribution in [3.63, 3.8) is 0 Å². The summed E-state index contributed by atoms with van der Waals surface area (Å²) in [7, 11) is 0. The second-order valence-electron chi connectivity index (χ2n) is 6.69. The molecule has 2 unspecified atom stereocenters. The van der Waals surface area contributed by atoms with E-state index >= 15 is 0 Å². The zero-order chi connectivity index (χ0) is 14.0. The fraction of sp³-hybridized carbons (Fsp3) is 0.867. The average molecular weight is 267 g/mol. The van der Waals surface area contributed by atoms with E-state index < -0.39 is 11.4 Å². The van der Waals surface area contributed by atoms with Crippen LogP contribution in [0.4, 0.5) is 0 Å². The average Bonchev–Trinajstić information content (AvgIpc) is 2.77. The van der Waals surface area contributed by atoms with E-state index in [0.29, 0.717) is 12.3 Å². The number of carbonyl (C=O) groups excluding carboxylic acids is 1. The summed E-state index contributed by atoms with van der Waals surface area (Å²) in [5.41, 5.74) is -0.736. The molecule has 1 saturated heterocycles. The van der Waals surface area contributed by atoms with Crippen LogP contribution in [0.1, 0.15) is 52.4 Å². The first-order valence-corrected chi connectivity index (χ1v) is 7.42. The maximum absolute atomic E-state index is 12.1. The Kier molecular flexibility index (Phi) is 4.29. The van der Waals surface area contributed by atoms with Gasteiger partial charge in [0.1, 0.15) is 5.78 Å². The molecule has 2 rings (SSSR count). The van der Waals surface area contributed by atoms with Gasteiger partial charge in [0.2, 0.25) is 0 Å². The van der Waals surface area contributed by atoms with E-state index in [4.69, 9.17) is 0 Å². The van der Waals surface area contributed by atoms with Crippen molar-refractivity contribution < 1.29 is 14.7 Å². The van der Waals surface area contributed by atoms with E-state index in [-0.39, 0.29) is 12.0 Å². The van der Waals surface area contributed by atoms with Crippen molar-refractivity contribution in [2.75, 3.05) is 13.1 Å². The van der Waals surface area contributed by atoms with Crippen molar-refractivity contribution in [1.82, 2.24) is 4.90 Å². The van der Waals surface area contributed by atoms with Crippen LogP contribution in [0, 0.1) is 11.3 Å². The third-order valence-corrected chi connectivity index (χ3v) is 4.66. The minimum Gasteiger partial charge on any atom is -0.481 e. The molecule has 1 N–H and O–H groups in total. The van der Waals surface area contributed by atoms with Gasteiger partial charge < -0.3 is 5.11 Å². The number of carboxylic acids is 1. The smallest absolute Gasteiger partial charge is 0.310 e. The summed E-state index contributed by atoms with van der Waals surface area (Å²) in [5.74, 6) is -0.203. The van der Waals surface area contributed by atoms with Crippen LogP contribution in [0.25, 0.3) is 0 Å². The van der Waals surface area contributed by atoms with Crippen LogP contribution in [0.3, 0.4) is 0 Å². The summed E-state index contributed by atoms with van der Waals surface area (Å²) >= 11 is 0. The third kappa shape index (κ3) is 3.16. The van der Waals surface area contributed by atoms with E-state index in [1.807, 2.05) is 0 Å². The number of carbonyl (C=O) groups is 2. The van der Waals surface area contributed by atoms with Crippen LogP contribution in [0.5, 0.6) is 0 Å². The van der Waals surface area contributed by atoms with Gasteiger partial charge in [-0.1, -0.05) is 6.42 Å². The number of hydrogen-bond donors (Lipinski definition) is 1. The number of likely N-dealkylation sites (tertiary alicyclic amines) is 1. The van der Waals surface area contributed by atoms with Crippen molar-refractivity contribution in [3.8, 4) is 0 Å². The summed E-state index contributed by atoms with van der Waals surface area (Å²) in [5, 5.41) is 9.26. The first kappa shape index (κ1) is 14.5. The zero-order valence-corrected chi connectivity index (χ0v) is 12.0. The SMILES string of the molecule is CC(C)(CN1CCCC1C1CCCCC1=O)C(=O)O. The van der Waals surface area contributed by atoms with E-state index in [0.717, 1.165) is 45.1 Å². The van der Waals surface area contributed by atoms with Gasteiger partial charge in [-0.3, -0.25) is 14.5 Å². The molecule has 2 atom stereocenters. The Bertz CT molecular complexity index is 364. The van der Waals surface area contributed by atoms with Gasteiger partial charge in [-0.2, -0.15) is 0 Å². The zero-order valence-electron chi connectivity index (χ0n) is 12.0. The molecule has 0 aromatic heterocycles. The maximum Gasteiger partial charge on any atom is 0.310 e. The standard InChI is InChI=1S/C15H25NO3/c1-15(2,14(18)19)10-16-9-5-7-12(16)11-6-3-4-8-13(11)17/h11-12H,3-10H2,1-2H3,(H,18,19). The lowest BCUT2D eigenvalue weighted by molar-refractivity contribution is -0.148. The molecular weight excluding hydrogens is 242 g/mol. The van der Waals surface area contributed by atoms with Gasteiger partial charge in [0.05, 0.1) is 5.41 Å². The van der Waals surface area contributed by atoms with E-state index in [9.17, 15) is 14.7 Å². The highest BCUT2D eigenvalue weighted by molar-refractivity contribution is 5.82. The molecule has 0 spiro atoms. The molecule has 2 aliphatic rings. The normalized spacial score (nSPS) is 29.7. The molecular formula is C15H25NO3. The number of ketones is 1. The Morgan fingerprint density at radius 3 is 2.68 bits per heavy atom. The number of hydrogen-bond acceptors (Lipinski definition) is 3. The van der Waals surface area contributed by atoms with Gasteiger partial charge in [-0.15, -0.1) is 0 Å². The number of rotatable bonds is 4. The molecule has 4 nitrogen and oxygen atoms in total. The Morgan fingerprint density at radius 1 is 1.32 bits per heavy atom. The quantitative estimate of drug-likeness (QED) is 0.849. The highest BCUT2D eigenvalue weighted by Crippen LogP contribution is 2.34. The van der Waals surface area contributed by atoms with Crippen molar-refractivity contribution in [2.45, 2.75) is 58.4 Å². The highest BCUT2D eigenvalue weighted by atomic mass is 16.4. The minimum atomic E-state index is -0.756. The molecule has 0 aromatic carbocycles. The molecule has 1 saturated carbocycles. The largest absolute Gasteiger partial charge is 0.481 e.